The maximum atomic E-state index is 10.6. The summed E-state index contributed by atoms with van der Waals surface area (Å²) in [5, 5.41) is 13.9. The van der Waals surface area contributed by atoms with Gasteiger partial charge in [0.2, 0.25) is 0 Å². The van der Waals surface area contributed by atoms with E-state index in [9.17, 15) is 5.11 Å². The Morgan fingerprint density at radius 3 is 2.74 bits per heavy atom. The molecule has 4 N–H and O–H groups in total. The molecule has 1 aromatic heterocycles. The lowest BCUT2D eigenvalue weighted by atomic mass is 9.78. The third kappa shape index (κ3) is 3.60. The van der Waals surface area contributed by atoms with E-state index >= 15 is 0 Å². The van der Waals surface area contributed by atoms with Crippen LogP contribution in [0.1, 0.15) is 39.0 Å². The number of hydrogen-bond donors (Lipinski definition) is 3. The fourth-order valence-corrected chi connectivity index (χ4v) is 3.18. The van der Waals surface area contributed by atoms with Gasteiger partial charge in [0.15, 0.2) is 0 Å². The lowest BCUT2D eigenvalue weighted by molar-refractivity contribution is 0.00230. The molecule has 1 heterocycles. The Morgan fingerprint density at radius 2 is 2.16 bits per heavy atom. The van der Waals surface area contributed by atoms with E-state index in [-0.39, 0.29) is 0 Å². The van der Waals surface area contributed by atoms with Crippen LogP contribution in [0.4, 0.5) is 11.4 Å². The van der Waals surface area contributed by atoms with Crippen molar-refractivity contribution in [2.45, 2.75) is 44.6 Å². The Morgan fingerprint density at radius 1 is 1.47 bits per heavy atom. The number of hydrogen-bond acceptors (Lipinski definition) is 4. The van der Waals surface area contributed by atoms with Gasteiger partial charge in [-0.25, -0.2) is 0 Å². The highest BCUT2D eigenvalue weighted by Gasteiger charge is 2.32. The third-order valence-electron chi connectivity index (χ3n) is 4.14. The van der Waals surface area contributed by atoms with Crippen LogP contribution in [-0.2, 0) is 0 Å². The van der Waals surface area contributed by atoms with Crippen LogP contribution in [0.2, 0.25) is 0 Å². The van der Waals surface area contributed by atoms with Crippen molar-refractivity contribution in [2.75, 3.05) is 17.6 Å². The molecule has 0 amide bonds. The molecule has 1 aliphatic rings. The first-order chi connectivity index (χ1) is 9.04. The second kappa shape index (κ2) is 6.09. The number of nitrogens with two attached hydrogens (primary N) is 1. The van der Waals surface area contributed by atoms with E-state index in [1.54, 1.807) is 12.4 Å². The number of halogens is 1. The number of nitrogens with one attached hydrogen (secondary N) is 1. The summed E-state index contributed by atoms with van der Waals surface area (Å²) in [6, 6.07) is 0. The molecule has 0 bridgehead atoms. The quantitative estimate of drug-likeness (QED) is 0.794. The van der Waals surface area contributed by atoms with E-state index in [0.29, 0.717) is 12.2 Å². The Labute approximate surface area is 122 Å². The maximum absolute atomic E-state index is 10.6. The fourth-order valence-electron chi connectivity index (χ4n) is 2.69. The topological polar surface area (TPSA) is 71.2 Å². The average molecular weight is 328 g/mol. The van der Waals surface area contributed by atoms with E-state index in [1.165, 1.54) is 6.42 Å². The Hall–Kier alpha value is -0.810. The van der Waals surface area contributed by atoms with E-state index in [4.69, 9.17) is 5.73 Å². The van der Waals surface area contributed by atoms with Gasteiger partial charge in [-0.3, -0.25) is 4.98 Å². The summed E-state index contributed by atoms with van der Waals surface area (Å²) < 4.78 is 0.832. The molecule has 1 saturated carbocycles. The average Bonchev–Trinajstić information content (AvgIpc) is 2.39. The van der Waals surface area contributed by atoms with Crippen LogP contribution in [0.25, 0.3) is 0 Å². The molecule has 5 heteroatoms. The highest BCUT2D eigenvalue weighted by Crippen LogP contribution is 2.35. The number of aliphatic hydroxyl groups is 1. The Balaban J connectivity index is 1.95. The minimum absolute atomic E-state index is 0.538. The lowest BCUT2D eigenvalue weighted by Crippen LogP contribution is -2.40. The summed E-state index contributed by atoms with van der Waals surface area (Å²) in [6.07, 6.45) is 8.49. The number of anilines is 2. The van der Waals surface area contributed by atoms with Crippen molar-refractivity contribution in [3.05, 3.63) is 16.9 Å². The minimum atomic E-state index is -0.610. The monoisotopic (exact) mass is 327 g/mol. The molecule has 4 nitrogen and oxygen atoms in total. The highest BCUT2D eigenvalue weighted by molar-refractivity contribution is 9.10. The molecule has 0 saturated heterocycles. The number of nitrogen functional groups attached to an aromatic ring is 1. The Kier molecular flexibility index (Phi) is 4.68. The zero-order chi connectivity index (χ0) is 13.9. The number of pyridine rings is 1. The summed E-state index contributed by atoms with van der Waals surface area (Å²) in [5.74, 6) is 0.776. The van der Waals surface area contributed by atoms with Crippen LogP contribution >= 0.6 is 15.9 Å². The molecule has 2 rings (SSSR count). The van der Waals surface area contributed by atoms with E-state index in [0.717, 1.165) is 41.8 Å². The summed E-state index contributed by atoms with van der Waals surface area (Å²) in [5.41, 5.74) is 6.69. The van der Waals surface area contributed by atoms with Gasteiger partial charge in [0.25, 0.3) is 0 Å². The molecule has 0 aromatic carbocycles. The molecule has 0 unspecified atom stereocenters. The van der Waals surface area contributed by atoms with Crippen molar-refractivity contribution in [2.24, 2.45) is 5.92 Å². The first-order valence-corrected chi connectivity index (χ1v) is 7.68. The Bertz CT molecular complexity index is 410. The third-order valence-corrected chi connectivity index (χ3v) is 4.74. The van der Waals surface area contributed by atoms with Crippen LogP contribution in [0.5, 0.6) is 0 Å². The molecule has 1 aromatic rings. The molecule has 0 atom stereocenters. The van der Waals surface area contributed by atoms with Crippen molar-refractivity contribution < 1.29 is 5.11 Å². The van der Waals surface area contributed by atoms with E-state index < -0.39 is 5.60 Å². The summed E-state index contributed by atoms with van der Waals surface area (Å²) in [4.78, 5) is 4.00. The zero-order valence-corrected chi connectivity index (χ0v) is 12.9. The minimum Gasteiger partial charge on any atom is -0.396 e. The van der Waals surface area contributed by atoms with Crippen molar-refractivity contribution in [1.82, 2.24) is 4.98 Å². The molecule has 1 aliphatic carbocycles. The normalized spacial score (nSPS) is 27.2. The van der Waals surface area contributed by atoms with Crippen LogP contribution < -0.4 is 11.1 Å². The largest absolute Gasteiger partial charge is 0.396 e. The van der Waals surface area contributed by atoms with Crippen molar-refractivity contribution in [1.29, 1.82) is 0 Å². The molecule has 106 valence electrons. The summed E-state index contributed by atoms with van der Waals surface area (Å²) in [6.45, 7) is 2.76. The van der Waals surface area contributed by atoms with Gasteiger partial charge in [0.05, 0.1) is 27.6 Å². The smallest absolute Gasteiger partial charge is 0.0819 e. The zero-order valence-electron chi connectivity index (χ0n) is 11.3. The van der Waals surface area contributed by atoms with Crippen molar-refractivity contribution in [3.63, 3.8) is 0 Å². The van der Waals surface area contributed by atoms with Gasteiger partial charge in [0, 0.05) is 12.7 Å². The van der Waals surface area contributed by atoms with E-state index in [1.807, 2.05) is 0 Å². The molecule has 0 spiro atoms. The van der Waals surface area contributed by atoms with Gasteiger partial charge < -0.3 is 16.2 Å². The molecule has 0 radical (unpaired) electrons. The van der Waals surface area contributed by atoms with Crippen LogP contribution in [0, 0.1) is 5.92 Å². The number of rotatable bonds is 4. The van der Waals surface area contributed by atoms with Crippen molar-refractivity contribution >= 4 is 27.3 Å². The molecule has 0 aliphatic heterocycles. The number of nitrogens with zero attached hydrogens (tertiary/aromatic N) is 1. The molecular weight excluding hydrogens is 306 g/mol. The van der Waals surface area contributed by atoms with Gasteiger partial charge in [-0.05, 0) is 47.5 Å². The lowest BCUT2D eigenvalue weighted by Gasteiger charge is -2.36. The van der Waals surface area contributed by atoms with Gasteiger partial charge in [-0.1, -0.05) is 13.3 Å². The second-order valence-corrected chi connectivity index (χ2v) is 6.37. The first kappa shape index (κ1) is 14.6. The van der Waals surface area contributed by atoms with Crippen LogP contribution in [0.15, 0.2) is 16.9 Å². The first-order valence-electron chi connectivity index (χ1n) is 6.89. The standard InChI is InChI=1S/C14H22BrN3O/c1-2-10-3-5-14(19,6-4-10)9-18-13-11(15)7-17-8-12(13)16/h7-8,10,19H,2-6,9,16H2,1H3,(H,17,18). The molecule has 19 heavy (non-hydrogen) atoms. The molecule has 1 fully saturated rings. The molecular formula is C14H22BrN3O. The van der Waals surface area contributed by atoms with Gasteiger partial charge in [0.1, 0.15) is 0 Å². The second-order valence-electron chi connectivity index (χ2n) is 5.52. The van der Waals surface area contributed by atoms with Crippen molar-refractivity contribution in [3.8, 4) is 0 Å². The van der Waals surface area contributed by atoms with Crippen LogP contribution in [0.3, 0.4) is 0 Å². The highest BCUT2D eigenvalue weighted by atomic mass is 79.9. The van der Waals surface area contributed by atoms with Crippen LogP contribution in [-0.4, -0.2) is 22.2 Å². The predicted molar refractivity (Wildman–Crippen MR) is 82.0 cm³/mol. The fraction of sp³-hybridized carbons (Fsp3) is 0.643. The summed E-state index contributed by atoms with van der Waals surface area (Å²) in [7, 11) is 0. The maximum Gasteiger partial charge on any atom is 0.0819 e. The predicted octanol–water partition coefficient (Wildman–Crippen LogP) is 3.17. The number of aromatic nitrogens is 1. The van der Waals surface area contributed by atoms with E-state index in [2.05, 4.69) is 33.2 Å². The summed E-state index contributed by atoms with van der Waals surface area (Å²) >= 11 is 3.42. The van der Waals surface area contributed by atoms with Gasteiger partial charge >= 0.3 is 0 Å². The van der Waals surface area contributed by atoms with Gasteiger partial charge in [-0.2, -0.15) is 0 Å². The SMILES string of the molecule is CCC1CCC(O)(CNc2c(N)cncc2Br)CC1. The van der Waals surface area contributed by atoms with Gasteiger partial charge in [-0.15, -0.1) is 0 Å².